The molecule has 1 unspecified atom stereocenters. The molecule has 4 rings (SSSR count). The summed E-state index contributed by atoms with van der Waals surface area (Å²) in [6.07, 6.45) is 1.03. The number of halogens is 2. The second-order valence-electron chi connectivity index (χ2n) is 8.46. The van der Waals surface area contributed by atoms with Gasteiger partial charge in [-0.1, -0.05) is 0 Å². The number of carbonyl (C=O) groups is 1. The van der Waals surface area contributed by atoms with Crippen LogP contribution in [0.5, 0.6) is 0 Å². The van der Waals surface area contributed by atoms with Crippen LogP contribution in [0.3, 0.4) is 0 Å². The molecule has 0 saturated carbocycles. The van der Waals surface area contributed by atoms with Crippen LogP contribution < -0.4 is 15.5 Å². The number of anilines is 2. The van der Waals surface area contributed by atoms with Crippen LogP contribution in [0.2, 0.25) is 0 Å². The number of ether oxygens (including phenoxy) is 1. The van der Waals surface area contributed by atoms with Gasteiger partial charge in [-0.05, 0) is 49.4 Å². The van der Waals surface area contributed by atoms with Gasteiger partial charge in [0, 0.05) is 36.2 Å². The van der Waals surface area contributed by atoms with E-state index in [1.54, 1.807) is 24.3 Å². The SMILES string of the molecule is CC1COCCN1c1nc(-c2ccc(NC(=O)NCCF)cc2)nc(-c2cc(F)ccc2S(C)(=O)=O)n1. The average Bonchev–Trinajstić information content (AvgIpc) is 2.87. The first-order valence-electron chi connectivity index (χ1n) is 11.5. The summed E-state index contributed by atoms with van der Waals surface area (Å²) in [4.78, 5) is 27.2. The minimum Gasteiger partial charge on any atom is -0.377 e. The first-order chi connectivity index (χ1) is 17.7. The van der Waals surface area contributed by atoms with E-state index in [0.29, 0.717) is 37.0 Å². The third-order valence-electron chi connectivity index (χ3n) is 5.61. The zero-order valence-electron chi connectivity index (χ0n) is 20.2. The van der Waals surface area contributed by atoms with Crippen molar-refractivity contribution in [2.45, 2.75) is 17.9 Å². The molecule has 196 valence electrons. The van der Waals surface area contributed by atoms with Gasteiger partial charge >= 0.3 is 6.03 Å². The van der Waals surface area contributed by atoms with Gasteiger partial charge < -0.3 is 20.3 Å². The van der Waals surface area contributed by atoms with Crippen LogP contribution in [0.4, 0.5) is 25.2 Å². The summed E-state index contributed by atoms with van der Waals surface area (Å²) in [5, 5.41) is 4.96. The fourth-order valence-corrected chi connectivity index (χ4v) is 4.67. The van der Waals surface area contributed by atoms with Crippen LogP contribution in [0, 0.1) is 5.82 Å². The molecule has 13 heteroatoms. The Balaban J connectivity index is 1.78. The minimum atomic E-state index is -3.72. The van der Waals surface area contributed by atoms with Crippen molar-refractivity contribution in [1.82, 2.24) is 20.3 Å². The fourth-order valence-electron chi connectivity index (χ4n) is 3.81. The van der Waals surface area contributed by atoms with Gasteiger partial charge in [-0.2, -0.15) is 9.97 Å². The van der Waals surface area contributed by atoms with Crippen molar-refractivity contribution in [3.05, 3.63) is 48.3 Å². The number of sulfone groups is 1. The highest BCUT2D eigenvalue weighted by molar-refractivity contribution is 7.90. The lowest BCUT2D eigenvalue weighted by atomic mass is 10.1. The first-order valence-corrected chi connectivity index (χ1v) is 13.4. The van der Waals surface area contributed by atoms with E-state index in [1.165, 1.54) is 6.07 Å². The van der Waals surface area contributed by atoms with E-state index in [-0.39, 0.29) is 34.7 Å². The Labute approximate surface area is 213 Å². The van der Waals surface area contributed by atoms with Crippen LogP contribution in [0.25, 0.3) is 22.8 Å². The Bertz CT molecular complexity index is 1390. The highest BCUT2D eigenvalue weighted by Gasteiger charge is 2.25. The maximum Gasteiger partial charge on any atom is 0.319 e. The van der Waals surface area contributed by atoms with Gasteiger partial charge in [0.15, 0.2) is 21.5 Å². The zero-order valence-corrected chi connectivity index (χ0v) is 21.1. The number of alkyl halides is 1. The van der Waals surface area contributed by atoms with E-state index in [9.17, 15) is 22.0 Å². The Hall–Kier alpha value is -3.71. The van der Waals surface area contributed by atoms with Gasteiger partial charge in [-0.25, -0.2) is 27.0 Å². The van der Waals surface area contributed by atoms with E-state index in [0.717, 1.165) is 18.4 Å². The van der Waals surface area contributed by atoms with Crippen molar-refractivity contribution in [3.63, 3.8) is 0 Å². The standard InChI is InChI=1S/C24H26F2N6O4S/c1-15-14-36-12-11-32(15)23-30-21(16-3-6-18(7-4-16)28-24(33)27-10-9-25)29-22(31-23)19-13-17(26)5-8-20(19)37(2,34)35/h3-8,13,15H,9-12,14H2,1-2H3,(H2,27,28,33). The van der Waals surface area contributed by atoms with E-state index in [4.69, 9.17) is 4.74 Å². The molecule has 1 saturated heterocycles. The number of aromatic nitrogens is 3. The van der Waals surface area contributed by atoms with Crippen LogP contribution in [0.1, 0.15) is 6.92 Å². The number of nitrogens with zero attached hydrogens (tertiary/aromatic N) is 4. The number of hydrogen-bond acceptors (Lipinski definition) is 8. The molecule has 1 aliphatic rings. The number of benzene rings is 2. The van der Waals surface area contributed by atoms with Crippen molar-refractivity contribution in [2.24, 2.45) is 0 Å². The molecule has 37 heavy (non-hydrogen) atoms. The Morgan fingerprint density at radius 1 is 1.14 bits per heavy atom. The summed E-state index contributed by atoms with van der Waals surface area (Å²) >= 11 is 0. The average molecular weight is 533 g/mol. The molecule has 2 N–H and O–H groups in total. The molecule has 2 aromatic carbocycles. The lowest BCUT2D eigenvalue weighted by Crippen LogP contribution is -2.44. The molecular formula is C24H26F2N6O4S. The van der Waals surface area contributed by atoms with Crippen LogP contribution in [0.15, 0.2) is 47.4 Å². The number of morpholine rings is 1. The van der Waals surface area contributed by atoms with Crippen molar-refractivity contribution in [3.8, 4) is 22.8 Å². The molecule has 3 aromatic rings. The van der Waals surface area contributed by atoms with Crippen molar-refractivity contribution in [2.75, 3.05) is 49.5 Å². The summed E-state index contributed by atoms with van der Waals surface area (Å²) in [5.74, 6) is -0.0957. The van der Waals surface area contributed by atoms with E-state index >= 15 is 0 Å². The molecule has 0 radical (unpaired) electrons. The highest BCUT2D eigenvalue weighted by atomic mass is 32.2. The molecule has 0 aliphatic carbocycles. The quantitative estimate of drug-likeness (QED) is 0.445. The van der Waals surface area contributed by atoms with Gasteiger partial charge in [0.2, 0.25) is 5.95 Å². The second kappa shape index (κ2) is 11.1. The van der Waals surface area contributed by atoms with Gasteiger partial charge in [-0.3, -0.25) is 0 Å². The Kier molecular flexibility index (Phi) is 7.93. The van der Waals surface area contributed by atoms with E-state index in [1.807, 2.05) is 11.8 Å². The zero-order chi connectivity index (χ0) is 26.6. The summed E-state index contributed by atoms with van der Waals surface area (Å²) < 4.78 is 56.9. The molecule has 2 heterocycles. The largest absolute Gasteiger partial charge is 0.377 e. The number of amides is 2. The minimum absolute atomic E-state index is 0.00594. The van der Waals surface area contributed by atoms with Crippen molar-refractivity contribution >= 4 is 27.5 Å². The second-order valence-corrected chi connectivity index (χ2v) is 10.4. The number of urea groups is 1. The summed E-state index contributed by atoms with van der Waals surface area (Å²) in [5.41, 5.74) is 1.04. The molecule has 1 fully saturated rings. The molecule has 0 bridgehead atoms. The third-order valence-corrected chi connectivity index (χ3v) is 6.77. The summed E-state index contributed by atoms with van der Waals surface area (Å²) in [6.45, 7) is 2.58. The smallest absolute Gasteiger partial charge is 0.319 e. The lowest BCUT2D eigenvalue weighted by molar-refractivity contribution is 0.0981. The highest BCUT2D eigenvalue weighted by Crippen LogP contribution is 2.30. The Morgan fingerprint density at radius 2 is 1.86 bits per heavy atom. The maximum absolute atomic E-state index is 14.2. The van der Waals surface area contributed by atoms with Gasteiger partial charge in [-0.15, -0.1) is 0 Å². The van der Waals surface area contributed by atoms with Gasteiger partial charge in [0.1, 0.15) is 12.5 Å². The maximum atomic E-state index is 14.2. The monoisotopic (exact) mass is 532 g/mol. The van der Waals surface area contributed by atoms with Crippen LogP contribution >= 0.6 is 0 Å². The molecule has 2 amide bonds. The number of nitrogens with one attached hydrogen (secondary N) is 2. The fraction of sp³-hybridized carbons (Fsp3) is 0.333. The predicted octanol–water partition coefficient (Wildman–Crippen LogP) is 3.06. The van der Waals surface area contributed by atoms with Crippen LogP contribution in [-0.2, 0) is 14.6 Å². The molecule has 0 spiro atoms. The summed E-state index contributed by atoms with van der Waals surface area (Å²) in [7, 11) is -3.72. The van der Waals surface area contributed by atoms with Gasteiger partial charge in [0.25, 0.3) is 0 Å². The Morgan fingerprint density at radius 3 is 2.54 bits per heavy atom. The van der Waals surface area contributed by atoms with Gasteiger partial charge in [0.05, 0.1) is 24.2 Å². The first kappa shape index (κ1) is 26.4. The molecule has 1 aromatic heterocycles. The lowest BCUT2D eigenvalue weighted by Gasteiger charge is -2.33. The number of hydrogen-bond donors (Lipinski definition) is 2. The summed E-state index contributed by atoms with van der Waals surface area (Å²) in [6, 6.07) is 9.31. The topological polar surface area (TPSA) is 126 Å². The molecule has 10 nitrogen and oxygen atoms in total. The normalized spacial score (nSPS) is 15.9. The van der Waals surface area contributed by atoms with E-state index in [2.05, 4.69) is 25.6 Å². The third kappa shape index (κ3) is 6.35. The van der Waals surface area contributed by atoms with Crippen molar-refractivity contribution < 1.29 is 26.7 Å². The number of carbonyl (C=O) groups excluding carboxylic acids is 1. The predicted molar refractivity (Wildman–Crippen MR) is 134 cm³/mol. The molecule has 1 atom stereocenters. The molecular weight excluding hydrogens is 506 g/mol. The van der Waals surface area contributed by atoms with Crippen molar-refractivity contribution in [1.29, 1.82) is 0 Å². The number of rotatable bonds is 7. The van der Waals surface area contributed by atoms with Crippen LogP contribution in [-0.4, -0.2) is 74.7 Å². The molecule has 1 aliphatic heterocycles. The van der Waals surface area contributed by atoms with E-state index < -0.39 is 28.4 Å².